The highest BCUT2D eigenvalue weighted by atomic mass is 14.5. The Bertz CT molecular complexity index is 3270. The molecule has 0 heterocycles. The fraction of sp³-hybridized carbons (Fsp3) is 0.237. The third-order valence-corrected chi connectivity index (χ3v) is 15.2. The second kappa shape index (κ2) is 27.3. The van der Waals surface area contributed by atoms with Crippen molar-refractivity contribution in [3.63, 3.8) is 0 Å². The molecule has 0 saturated heterocycles. The molecule has 76 heavy (non-hydrogen) atoms. The highest BCUT2D eigenvalue weighted by molar-refractivity contribution is 5.87. The van der Waals surface area contributed by atoms with Gasteiger partial charge in [0.15, 0.2) is 0 Å². The molecule has 0 bridgehead atoms. The zero-order valence-corrected chi connectivity index (χ0v) is 47.4. The first-order valence-corrected chi connectivity index (χ1v) is 28.2. The van der Waals surface area contributed by atoms with Gasteiger partial charge in [0, 0.05) is 5.92 Å². The van der Waals surface area contributed by atoms with E-state index in [0.717, 1.165) is 19.3 Å². The smallest absolute Gasteiger partial charge is 0.0522 e. The molecule has 4 aliphatic carbocycles. The molecule has 0 aromatic heterocycles. The van der Waals surface area contributed by atoms with Gasteiger partial charge in [-0.15, -0.1) is 0 Å². The summed E-state index contributed by atoms with van der Waals surface area (Å²) in [6, 6.07) is 61.5. The maximum Gasteiger partial charge on any atom is 0.0522 e. The lowest BCUT2D eigenvalue weighted by atomic mass is 9.60. The van der Waals surface area contributed by atoms with E-state index in [2.05, 4.69) is 273 Å². The summed E-state index contributed by atoms with van der Waals surface area (Å²) in [5, 5.41) is 0. The van der Waals surface area contributed by atoms with Crippen LogP contribution in [0.15, 0.2) is 254 Å². The van der Waals surface area contributed by atoms with E-state index in [1.165, 1.54) is 94.6 Å². The standard InChI is InChI=1S/C39H34.C26H28.C7H8.2C2H6/c1-27-10-7-8-15-37(27)38-23-22-35(24-29(38)3)33-13-9-14-34(25-33)36-17-16-28(2)39(26-36)32-20-18-31(19-21-32)30-11-5-4-6-12-30;1-4-11-20(5-2)26(21-12-7-6-8-13-21)24-15-10-9-14-22(24)23-18-19(3)16-17-25(23)26;1-7-5-3-2-4-6-7;2*1-2/h4-26,28,39H,1-3H3;4-8,10-12,15-18,21H,9,13-14H2,1-3H3;2-6H,1H3;2*1-2H3/b;11-4-,20-5+;;;. The second-order valence-corrected chi connectivity index (χ2v) is 20.0. The van der Waals surface area contributed by atoms with E-state index < -0.39 is 0 Å². The number of hydrogen-bond acceptors (Lipinski definition) is 0. The van der Waals surface area contributed by atoms with Gasteiger partial charge in [-0.3, -0.25) is 0 Å². The first-order valence-electron chi connectivity index (χ1n) is 28.2. The third kappa shape index (κ3) is 12.6. The predicted molar refractivity (Wildman–Crippen MR) is 335 cm³/mol. The first-order chi connectivity index (χ1) is 37.2. The molecule has 0 radical (unpaired) electrons. The molecule has 0 N–H and O–H groups in total. The van der Waals surface area contributed by atoms with Crippen LogP contribution in [0.3, 0.4) is 0 Å². The summed E-state index contributed by atoms with van der Waals surface area (Å²) in [7, 11) is 0. The van der Waals surface area contributed by atoms with Gasteiger partial charge in [0.1, 0.15) is 0 Å². The second-order valence-electron chi connectivity index (χ2n) is 20.0. The van der Waals surface area contributed by atoms with Gasteiger partial charge < -0.3 is 0 Å². The van der Waals surface area contributed by atoms with Gasteiger partial charge >= 0.3 is 0 Å². The van der Waals surface area contributed by atoms with Gasteiger partial charge in [0.2, 0.25) is 0 Å². The van der Waals surface area contributed by atoms with Crippen molar-refractivity contribution in [3.8, 4) is 33.4 Å². The molecule has 4 aliphatic rings. The quantitative estimate of drug-likeness (QED) is 0.133. The number of hydrogen-bond donors (Lipinski definition) is 0. The minimum Gasteiger partial charge on any atom is -0.0874 e. The summed E-state index contributed by atoms with van der Waals surface area (Å²) in [6.45, 7) is 23.3. The number of fused-ring (bicyclic) bond motifs is 2. The molecule has 0 saturated carbocycles. The van der Waals surface area contributed by atoms with Crippen LogP contribution in [-0.4, -0.2) is 0 Å². The van der Waals surface area contributed by atoms with Crippen LogP contribution < -0.4 is 0 Å². The Morgan fingerprint density at radius 2 is 1.17 bits per heavy atom. The van der Waals surface area contributed by atoms with Crippen LogP contribution >= 0.6 is 0 Å². The fourth-order valence-corrected chi connectivity index (χ4v) is 11.5. The minimum absolute atomic E-state index is 0.0716. The molecular weight excluding hydrogens is 913 g/mol. The van der Waals surface area contributed by atoms with Crippen molar-refractivity contribution < 1.29 is 0 Å². The summed E-state index contributed by atoms with van der Waals surface area (Å²) >= 11 is 0. The van der Waals surface area contributed by atoms with Crippen molar-refractivity contribution in [1.29, 1.82) is 0 Å². The number of benzene rings is 7. The molecule has 0 nitrogen and oxygen atoms in total. The Labute approximate surface area is 459 Å². The largest absolute Gasteiger partial charge is 0.0874 e. The maximum absolute atomic E-state index is 2.45. The molecule has 7 aromatic rings. The number of rotatable bonds is 8. The fourth-order valence-electron chi connectivity index (χ4n) is 11.5. The molecule has 386 valence electrons. The molecule has 4 atom stereocenters. The summed E-state index contributed by atoms with van der Waals surface area (Å²) in [5.74, 6) is 1.26. The molecular formula is C76H82. The van der Waals surface area contributed by atoms with Gasteiger partial charge in [0.25, 0.3) is 0 Å². The monoisotopic (exact) mass is 995 g/mol. The predicted octanol–water partition coefficient (Wildman–Crippen LogP) is 21.7. The van der Waals surface area contributed by atoms with Crippen molar-refractivity contribution in [3.05, 3.63) is 298 Å². The van der Waals surface area contributed by atoms with Gasteiger partial charge in [-0.2, -0.15) is 0 Å². The summed E-state index contributed by atoms with van der Waals surface area (Å²) in [6.07, 6.45) is 31.3. The van der Waals surface area contributed by atoms with Crippen LogP contribution in [0.25, 0.3) is 44.5 Å². The van der Waals surface area contributed by atoms with Gasteiger partial charge in [0.05, 0.1) is 5.41 Å². The van der Waals surface area contributed by atoms with Crippen molar-refractivity contribution in [2.75, 3.05) is 0 Å². The van der Waals surface area contributed by atoms with E-state index >= 15 is 0 Å². The lowest BCUT2D eigenvalue weighted by molar-refractivity contribution is 0.451. The average molecular weight is 995 g/mol. The van der Waals surface area contributed by atoms with Crippen LogP contribution in [0.4, 0.5) is 0 Å². The Kier molecular flexibility index (Phi) is 20.2. The third-order valence-electron chi connectivity index (χ3n) is 15.2. The van der Waals surface area contributed by atoms with Crippen molar-refractivity contribution in [1.82, 2.24) is 0 Å². The van der Waals surface area contributed by atoms with Crippen LogP contribution in [0.5, 0.6) is 0 Å². The van der Waals surface area contributed by atoms with Crippen LogP contribution in [0.1, 0.15) is 118 Å². The highest BCUT2D eigenvalue weighted by Gasteiger charge is 2.50. The van der Waals surface area contributed by atoms with E-state index in [1.807, 2.05) is 45.9 Å². The van der Waals surface area contributed by atoms with Crippen molar-refractivity contribution in [2.24, 2.45) is 11.8 Å². The Hall–Kier alpha value is -7.54. The molecule has 0 amide bonds. The zero-order chi connectivity index (χ0) is 54.0. The molecule has 7 aromatic carbocycles. The minimum atomic E-state index is -0.0716. The number of aryl methyl sites for hydroxylation is 4. The first kappa shape index (κ1) is 56.2. The lowest BCUT2D eigenvalue weighted by Gasteiger charge is -2.41. The van der Waals surface area contributed by atoms with Crippen LogP contribution in [0, 0.1) is 39.5 Å². The van der Waals surface area contributed by atoms with Crippen LogP contribution in [0.2, 0.25) is 0 Å². The molecule has 0 fully saturated rings. The van der Waals surface area contributed by atoms with E-state index in [9.17, 15) is 0 Å². The summed E-state index contributed by atoms with van der Waals surface area (Å²) in [5.41, 5.74) is 24.3. The van der Waals surface area contributed by atoms with Gasteiger partial charge in [-0.1, -0.05) is 282 Å². The van der Waals surface area contributed by atoms with E-state index in [-0.39, 0.29) is 5.41 Å². The zero-order valence-electron chi connectivity index (χ0n) is 47.4. The topological polar surface area (TPSA) is 0 Å². The van der Waals surface area contributed by atoms with E-state index in [0.29, 0.717) is 17.8 Å². The van der Waals surface area contributed by atoms with Gasteiger partial charge in [-0.25, -0.2) is 0 Å². The Morgan fingerprint density at radius 1 is 0.526 bits per heavy atom. The lowest BCUT2D eigenvalue weighted by Crippen LogP contribution is -2.36. The Balaban J connectivity index is 0.000000195. The van der Waals surface area contributed by atoms with E-state index in [1.54, 1.807) is 5.57 Å². The summed E-state index contributed by atoms with van der Waals surface area (Å²) < 4.78 is 0. The molecule has 4 unspecified atom stereocenters. The highest BCUT2D eigenvalue weighted by Crippen LogP contribution is 2.59. The number of allylic oxidation sites excluding steroid dienone is 16. The van der Waals surface area contributed by atoms with Crippen molar-refractivity contribution >= 4 is 11.1 Å². The Morgan fingerprint density at radius 3 is 1.83 bits per heavy atom. The molecule has 11 rings (SSSR count). The molecule has 0 heteroatoms. The average Bonchev–Trinajstić information content (AvgIpc) is 3.96. The molecule has 0 spiro atoms. The van der Waals surface area contributed by atoms with E-state index in [4.69, 9.17) is 0 Å². The summed E-state index contributed by atoms with van der Waals surface area (Å²) in [4.78, 5) is 0. The molecule has 0 aliphatic heterocycles. The SMILES string of the molecule is C/C=C\C(=C/C)C1(C2C=CC=CC2)C2=C(CCC=C2)c2cc(C)ccc21.CC.CC.Cc1ccccc1.Cc1ccccc1-c1ccc(-c2cccc(C3=CC(c4ccc(-c5ccccc5)cc4)C(C)C=C3)c2)cc1C. The van der Waals surface area contributed by atoms with Gasteiger partial charge in [-0.05, 0) is 168 Å². The van der Waals surface area contributed by atoms with Crippen molar-refractivity contribution in [2.45, 2.75) is 107 Å². The normalized spacial score (nSPS) is 18.9. The maximum atomic E-state index is 2.45. The van der Waals surface area contributed by atoms with Crippen LogP contribution in [-0.2, 0) is 5.41 Å².